The standard InChI is InChI=1S/C28H48N4OSi3.Zr/c1-34(2,3)29-19-22-32(23-20-30-35(4,5)6)24-21-31-36(7,8)25-28(33,26-15-11-9-12-16-26)27-17-13-10-14-18-27;/h9-18H,19-25H2,1-8H3;/q-4;+4. The van der Waals surface area contributed by atoms with Gasteiger partial charge in [-0.3, -0.25) is 0 Å². The van der Waals surface area contributed by atoms with Gasteiger partial charge in [-0.05, 0) is 19.6 Å². The van der Waals surface area contributed by atoms with Crippen molar-refractivity contribution in [3.05, 3.63) is 86.7 Å². The van der Waals surface area contributed by atoms with Crippen LogP contribution in [0.3, 0.4) is 0 Å². The third kappa shape index (κ3) is 13.6. The van der Waals surface area contributed by atoms with Gasteiger partial charge < -0.3 is 25.0 Å². The molecule has 0 saturated carbocycles. The second-order valence-corrected chi connectivity index (χ2v) is 26.0. The molecule has 0 heterocycles. The first kappa shape index (κ1) is 34.8. The van der Waals surface area contributed by atoms with Crippen LogP contribution in [0, 0.1) is 0 Å². The van der Waals surface area contributed by atoms with Crippen molar-refractivity contribution in [1.29, 1.82) is 0 Å². The van der Waals surface area contributed by atoms with Crippen molar-refractivity contribution in [3.8, 4) is 0 Å². The Morgan fingerprint density at radius 2 is 0.973 bits per heavy atom. The molecule has 0 N–H and O–H groups in total. The number of rotatable bonds is 16. The average Bonchev–Trinajstić information content (AvgIpc) is 2.78. The fourth-order valence-electron chi connectivity index (χ4n) is 4.33. The van der Waals surface area contributed by atoms with Crippen LogP contribution in [-0.2, 0) is 31.8 Å². The Kier molecular flexibility index (Phi) is 14.6. The molecule has 0 atom stereocenters. The van der Waals surface area contributed by atoms with E-state index in [1.165, 1.54) is 0 Å². The van der Waals surface area contributed by atoms with Gasteiger partial charge in [-0.2, -0.15) is 0 Å². The van der Waals surface area contributed by atoms with E-state index in [1.807, 2.05) is 60.7 Å². The second kappa shape index (κ2) is 15.5. The molecular weight excluding hydrogens is 584 g/mol. The molecule has 2 aromatic carbocycles. The molecule has 0 aliphatic carbocycles. The molecule has 0 amide bonds. The summed E-state index contributed by atoms with van der Waals surface area (Å²) in [7, 11) is -4.96. The number of nitrogens with zero attached hydrogens (tertiary/aromatic N) is 4. The van der Waals surface area contributed by atoms with Crippen molar-refractivity contribution >= 4 is 24.7 Å². The van der Waals surface area contributed by atoms with E-state index in [0.717, 1.165) is 50.4 Å². The summed E-state index contributed by atoms with van der Waals surface area (Å²) in [5, 5.41) is 14.4. The summed E-state index contributed by atoms with van der Waals surface area (Å²) in [5.74, 6) is 0. The van der Waals surface area contributed by atoms with Gasteiger partial charge in [0.1, 0.15) is 0 Å². The molecule has 0 unspecified atom stereocenters. The Labute approximate surface area is 249 Å². The van der Waals surface area contributed by atoms with Crippen molar-refractivity contribution < 1.29 is 31.3 Å². The summed E-state index contributed by atoms with van der Waals surface area (Å²) >= 11 is 0. The second-order valence-electron chi connectivity index (χ2n) is 12.4. The molecule has 0 fully saturated rings. The normalized spacial score (nSPS) is 13.0. The maximum Gasteiger partial charge on any atom is 4.00 e. The van der Waals surface area contributed by atoms with Gasteiger partial charge in [-0.1, -0.05) is 161 Å². The van der Waals surface area contributed by atoms with E-state index in [0.29, 0.717) is 6.04 Å². The Hall–Kier alpha value is -0.226. The molecule has 0 spiro atoms. The zero-order valence-electron chi connectivity index (χ0n) is 24.4. The minimum absolute atomic E-state index is 0. The molecule has 2 aromatic rings. The zero-order valence-corrected chi connectivity index (χ0v) is 29.9. The van der Waals surface area contributed by atoms with E-state index in [2.05, 4.69) is 57.3 Å². The number of benzene rings is 2. The molecular formula is C28H48N4OSi3Zr. The molecule has 0 bridgehead atoms. The van der Waals surface area contributed by atoms with Crippen molar-refractivity contribution in [2.75, 3.05) is 39.3 Å². The fourth-order valence-corrected chi connectivity index (χ4v) is 8.32. The summed E-state index contributed by atoms with van der Waals surface area (Å²) in [4.78, 5) is 17.5. The molecule has 2 rings (SSSR count). The van der Waals surface area contributed by atoms with Gasteiger partial charge in [-0.15, -0.1) is 19.6 Å². The van der Waals surface area contributed by atoms with E-state index in [1.54, 1.807) is 0 Å². The van der Waals surface area contributed by atoms with Gasteiger partial charge in [-0.25, -0.2) is 0 Å². The van der Waals surface area contributed by atoms with Crippen molar-refractivity contribution in [1.82, 2.24) is 4.90 Å². The third-order valence-electron chi connectivity index (χ3n) is 6.12. The maximum atomic E-state index is 14.4. The maximum absolute atomic E-state index is 14.4. The average molecular weight is 632 g/mol. The molecule has 5 nitrogen and oxygen atoms in total. The van der Waals surface area contributed by atoms with Gasteiger partial charge in [0.25, 0.3) is 0 Å². The first-order chi connectivity index (χ1) is 16.7. The Balaban J connectivity index is 0.00000684. The van der Waals surface area contributed by atoms with Crippen LogP contribution in [0.1, 0.15) is 11.1 Å². The van der Waals surface area contributed by atoms with Crippen LogP contribution in [0.4, 0.5) is 0 Å². The van der Waals surface area contributed by atoms with E-state index in [9.17, 15) is 5.11 Å². The molecule has 0 saturated heterocycles. The molecule has 0 aliphatic rings. The van der Waals surface area contributed by atoms with E-state index >= 15 is 0 Å². The first-order valence-corrected chi connectivity index (χ1v) is 23.3. The van der Waals surface area contributed by atoms with E-state index < -0.39 is 30.3 Å². The zero-order chi connectivity index (χ0) is 26.9. The van der Waals surface area contributed by atoms with Crippen LogP contribution in [0.5, 0.6) is 0 Å². The molecule has 0 aromatic heterocycles. The Morgan fingerprint density at radius 3 is 1.32 bits per heavy atom. The third-order valence-corrected chi connectivity index (χ3v) is 10.9. The molecule has 9 heteroatoms. The van der Waals surface area contributed by atoms with Gasteiger partial charge in [0.2, 0.25) is 0 Å². The molecule has 0 radical (unpaired) electrons. The summed E-state index contributed by atoms with van der Waals surface area (Å²) in [6, 6.07) is 20.2. The minimum Gasteiger partial charge on any atom is -0.843 e. The van der Waals surface area contributed by atoms with Gasteiger partial charge in [0.15, 0.2) is 0 Å². The van der Waals surface area contributed by atoms with Crippen LogP contribution in [-0.4, -0.2) is 68.9 Å². The largest absolute Gasteiger partial charge is 4.00 e. The molecule has 37 heavy (non-hydrogen) atoms. The van der Waals surface area contributed by atoms with Crippen LogP contribution in [0.25, 0.3) is 14.9 Å². The van der Waals surface area contributed by atoms with Crippen LogP contribution < -0.4 is 5.11 Å². The fraction of sp³-hybridized carbons (Fsp3) is 0.571. The minimum atomic E-state index is -2.14. The summed E-state index contributed by atoms with van der Waals surface area (Å²) in [6.45, 7) is 23.5. The SMILES string of the molecule is C[Si](C)(C)[N-]CCN(CC[N-][Si](C)(C)C)CC[N-][Si](C)(C)CC([O-])(c1ccccc1)c1ccccc1.[Zr+4]. The summed E-state index contributed by atoms with van der Waals surface area (Å²) < 4.78 is 0. The van der Waals surface area contributed by atoms with Gasteiger partial charge in [0.05, 0.1) is 0 Å². The van der Waals surface area contributed by atoms with Crippen LogP contribution >= 0.6 is 0 Å². The van der Waals surface area contributed by atoms with E-state index in [4.69, 9.17) is 14.9 Å². The topological polar surface area (TPSA) is 68.6 Å². The molecule has 0 aliphatic heterocycles. The number of hydrogen-bond donors (Lipinski definition) is 0. The Bertz CT molecular complexity index is 830. The van der Waals surface area contributed by atoms with Crippen LogP contribution in [0.15, 0.2) is 60.7 Å². The van der Waals surface area contributed by atoms with Gasteiger partial charge >= 0.3 is 26.2 Å². The van der Waals surface area contributed by atoms with Gasteiger partial charge in [0, 0.05) is 0 Å². The smallest absolute Gasteiger partial charge is 0.843 e. The number of hydrogen-bond acceptors (Lipinski definition) is 2. The quantitative estimate of drug-likeness (QED) is 0.196. The van der Waals surface area contributed by atoms with Crippen LogP contribution in [0.2, 0.25) is 58.4 Å². The molecule has 202 valence electrons. The van der Waals surface area contributed by atoms with E-state index in [-0.39, 0.29) is 26.2 Å². The van der Waals surface area contributed by atoms with Crippen molar-refractivity contribution in [3.63, 3.8) is 0 Å². The predicted molar refractivity (Wildman–Crippen MR) is 164 cm³/mol. The van der Waals surface area contributed by atoms with Crippen molar-refractivity contribution in [2.45, 2.75) is 64.0 Å². The monoisotopic (exact) mass is 630 g/mol. The predicted octanol–water partition coefficient (Wildman–Crippen LogP) is 6.59. The Morgan fingerprint density at radius 1 is 0.622 bits per heavy atom. The summed E-state index contributed by atoms with van der Waals surface area (Å²) in [5.41, 5.74) is 0.373. The van der Waals surface area contributed by atoms with Crippen molar-refractivity contribution in [2.24, 2.45) is 0 Å². The first-order valence-electron chi connectivity index (χ1n) is 13.3. The summed E-state index contributed by atoms with van der Waals surface area (Å²) in [6.07, 6.45) is 0.